The number of furan rings is 1. The Labute approximate surface area is 343 Å². The molecule has 0 N–H and O–H groups in total. The van der Waals surface area contributed by atoms with Gasteiger partial charge in [0.15, 0.2) is 5.58 Å². The second-order valence-corrected chi connectivity index (χ2v) is 18.5. The van der Waals surface area contributed by atoms with Crippen molar-refractivity contribution in [1.82, 2.24) is 0 Å². The summed E-state index contributed by atoms with van der Waals surface area (Å²) in [5.74, 6) is 0.489. The second-order valence-electron chi connectivity index (χ2n) is 18.5. The van der Waals surface area contributed by atoms with Crippen molar-refractivity contribution in [2.75, 3.05) is 4.90 Å². The molecule has 0 spiro atoms. The van der Waals surface area contributed by atoms with Gasteiger partial charge in [0.2, 0.25) is 0 Å². The van der Waals surface area contributed by atoms with E-state index in [1.165, 1.54) is 115 Å². The highest BCUT2D eigenvalue weighted by Gasteiger charge is 2.38. The predicted octanol–water partition coefficient (Wildman–Crippen LogP) is 16.0. The number of hydrogen-bond acceptors (Lipinski definition) is 2. The van der Waals surface area contributed by atoms with Gasteiger partial charge in [0.25, 0.3) is 0 Å². The molecule has 1 saturated carbocycles. The fourth-order valence-electron chi connectivity index (χ4n) is 11.2. The van der Waals surface area contributed by atoms with Gasteiger partial charge in [-0.2, -0.15) is 0 Å². The summed E-state index contributed by atoms with van der Waals surface area (Å²) in [6, 6.07) is 50.7. The van der Waals surface area contributed by atoms with Crippen LogP contribution in [0.25, 0.3) is 55.3 Å². The van der Waals surface area contributed by atoms with E-state index in [1.54, 1.807) is 0 Å². The van der Waals surface area contributed by atoms with E-state index < -0.39 is 0 Å². The lowest BCUT2D eigenvalue weighted by atomic mass is 9.82. The van der Waals surface area contributed by atoms with E-state index in [2.05, 4.69) is 180 Å². The van der Waals surface area contributed by atoms with Crippen molar-refractivity contribution in [1.29, 1.82) is 0 Å². The molecule has 1 heterocycles. The normalized spacial score (nSPS) is 16.3. The zero-order valence-electron chi connectivity index (χ0n) is 34.7. The Kier molecular flexibility index (Phi) is 7.81. The molecule has 286 valence electrons. The molecule has 0 aliphatic heterocycles. The van der Waals surface area contributed by atoms with Gasteiger partial charge < -0.3 is 9.32 Å². The number of benzene rings is 7. The average molecular weight is 754 g/mol. The number of nitrogens with zero attached hydrogens (tertiary/aromatic N) is 1. The van der Waals surface area contributed by atoms with Gasteiger partial charge in [0.05, 0.1) is 5.69 Å². The van der Waals surface area contributed by atoms with Crippen molar-refractivity contribution in [2.24, 2.45) is 0 Å². The van der Waals surface area contributed by atoms with Gasteiger partial charge in [-0.3, -0.25) is 0 Å². The molecule has 58 heavy (non-hydrogen) atoms. The molecular weight excluding hydrogens is 703 g/mol. The van der Waals surface area contributed by atoms with Crippen molar-refractivity contribution in [3.05, 3.63) is 172 Å². The van der Waals surface area contributed by atoms with E-state index in [0.717, 1.165) is 28.2 Å². The number of para-hydroxylation sites is 1. The molecule has 2 nitrogen and oxygen atoms in total. The Morgan fingerprint density at radius 2 is 1.09 bits per heavy atom. The van der Waals surface area contributed by atoms with Gasteiger partial charge >= 0.3 is 0 Å². The van der Waals surface area contributed by atoms with Gasteiger partial charge in [0, 0.05) is 33.0 Å². The Balaban J connectivity index is 1.16. The molecule has 2 heteroatoms. The van der Waals surface area contributed by atoms with Crippen molar-refractivity contribution in [2.45, 2.75) is 90.4 Å². The molecule has 11 rings (SSSR count). The highest BCUT2D eigenvalue weighted by Crippen LogP contribution is 2.54. The third-order valence-electron chi connectivity index (χ3n) is 14.2. The summed E-state index contributed by atoms with van der Waals surface area (Å²) in [4.78, 5) is 2.48. The topological polar surface area (TPSA) is 16.4 Å². The minimum Gasteiger partial charge on any atom is -0.454 e. The van der Waals surface area contributed by atoms with Gasteiger partial charge in [-0.15, -0.1) is 0 Å². The lowest BCUT2D eigenvalue weighted by molar-refractivity contribution is 0.442. The fraction of sp³-hybridized carbons (Fsp3) is 0.250. The van der Waals surface area contributed by atoms with Crippen molar-refractivity contribution >= 4 is 39.0 Å². The van der Waals surface area contributed by atoms with Crippen LogP contribution in [0.4, 0.5) is 17.1 Å². The highest BCUT2D eigenvalue weighted by atomic mass is 16.3. The molecule has 0 amide bonds. The maximum absolute atomic E-state index is 7.36. The first-order valence-corrected chi connectivity index (χ1v) is 21.5. The van der Waals surface area contributed by atoms with E-state index in [1.807, 2.05) is 0 Å². The molecule has 0 bridgehead atoms. The Hall–Kier alpha value is -5.86. The SMILES string of the molecule is Cc1ccc(-c2cc(C3CCCCC3)c3oc4c(N(c5ccc6c(c5)C(C)(C)c5ccccc5-6)c5ccc6c(c5)C(C)(C)c5ccccc5-6)cccc4c3c2)c(C)c1. The number of anilines is 3. The zero-order chi connectivity index (χ0) is 39.5. The summed E-state index contributed by atoms with van der Waals surface area (Å²) in [7, 11) is 0. The number of aryl methyl sites for hydroxylation is 2. The first kappa shape index (κ1) is 35.3. The van der Waals surface area contributed by atoms with Crippen LogP contribution < -0.4 is 4.90 Å². The van der Waals surface area contributed by atoms with Gasteiger partial charge in [-0.25, -0.2) is 0 Å². The summed E-state index contributed by atoms with van der Waals surface area (Å²) in [6.07, 6.45) is 6.29. The highest BCUT2D eigenvalue weighted by molar-refractivity contribution is 6.12. The van der Waals surface area contributed by atoms with Crippen LogP contribution in [0.2, 0.25) is 0 Å². The van der Waals surface area contributed by atoms with E-state index in [9.17, 15) is 0 Å². The third-order valence-corrected chi connectivity index (χ3v) is 14.2. The number of fused-ring (bicyclic) bond motifs is 9. The first-order valence-electron chi connectivity index (χ1n) is 21.5. The van der Waals surface area contributed by atoms with Crippen LogP contribution in [0.5, 0.6) is 0 Å². The molecule has 0 saturated heterocycles. The summed E-state index contributed by atoms with van der Waals surface area (Å²) >= 11 is 0. The van der Waals surface area contributed by atoms with Crippen LogP contribution in [0, 0.1) is 13.8 Å². The lowest BCUT2D eigenvalue weighted by Crippen LogP contribution is -2.18. The van der Waals surface area contributed by atoms with Crippen LogP contribution in [-0.4, -0.2) is 0 Å². The van der Waals surface area contributed by atoms with Crippen molar-refractivity contribution < 1.29 is 4.42 Å². The maximum Gasteiger partial charge on any atom is 0.159 e. The van der Waals surface area contributed by atoms with Crippen LogP contribution in [-0.2, 0) is 10.8 Å². The molecule has 0 atom stereocenters. The van der Waals surface area contributed by atoms with E-state index in [-0.39, 0.29) is 10.8 Å². The standard InChI is InChI=1S/C56H51NO/c1-34-23-26-40(35(2)29-34)37-30-46(36-15-8-7-9-16-36)53-47(31-37)45-19-14-22-52(54(45)58-53)57(38-24-27-43-41-17-10-12-20-48(41)55(3,4)50(43)32-38)39-25-28-44-42-18-11-13-21-49(42)56(5,6)51(44)33-39/h10-14,17-33,36H,7-9,15-16H2,1-6H3. The summed E-state index contributed by atoms with van der Waals surface area (Å²) in [5.41, 5.74) is 22.5. The van der Waals surface area contributed by atoms with Crippen molar-refractivity contribution in [3.63, 3.8) is 0 Å². The molecular formula is C56H51NO. The smallest absolute Gasteiger partial charge is 0.159 e. The second kappa shape index (κ2) is 12.8. The fourth-order valence-corrected chi connectivity index (χ4v) is 11.2. The van der Waals surface area contributed by atoms with Crippen LogP contribution in [0.15, 0.2) is 138 Å². The maximum atomic E-state index is 7.36. The summed E-state index contributed by atoms with van der Waals surface area (Å²) < 4.78 is 7.36. The van der Waals surface area contributed by atoms with Crippen molar-refractivity contribution in [3.8, 4) is 33.4 Å². The average Bonchev–Trinajstić information content (AvgIpc) is 3.81. The number of rotatable bonds is 5. The molecule has 7 aromatic carbocycles. The molecule has 0 radical (unpaired) electrons. The first-order chi connectivity index (χ1) is 28.1. The predicted molar refractivity (Wildman–Crippen MR) is 244 cm³/mol. The van der Waals surface area contributed by atoms with Crippen LogP contribution in [0.1, 0.15) is 105 Å². The Bertz CT molecular complexity index is 2860. The van der Waals surface area contributed by atoms with Gasteiger partial charge in [-0.1, -0.05) is 144 Å². The van der Waals surface area contributed by atoms with Crippen LogP contribution in [0.3, 0.4) is 0 Å². The quantitative estimate of drug-likeness (QED) is 0.174. The van der Waals surface area contributed by atoms with Gasteiger partial charge in [-0.05, 0) is 142 Å². The summed E-state index contributed by atoms with van der Waals surface area (Å²) in [5, 5.41) is 2.38. The van der Waals surface area contributed by atoms with E-state index >= 15 is 0 Å². The molecule has 0 unspecified atom stereocenters. The Morgan fingerprint density at radius 1 is 0.500 bits per heavy atom. The Morgan fingerprint density at radius 3 is 1.71 bits per heavy atom. The minimum absolute atomic E-state index is 0.125. The molecule has 1 fully saturated rings. The van der Waals surface area contributed by atoms with Crippen LogP contribution >= 0.6 is 0 Å². The largest absolute Gasteiger partial charge is 0.454 e. The molecule has 1 aromatic heterocycles. The summed E-state index contributed by atoms with van der Waals surface area (Å²) in [6.45, 7) is 13.9. The van der Waals surface area contributed by atoms with E-state index in [0.29, 0.717) is 5.92 Å². The third kappa shape index (κ3) is 5.16. The lowest BCUT2D eigenvalue weighted by Gasteiger charge is -2.29. The molecule has 3 aliphatic rings. The zero-order valence-corrected chi connectivity index (χ0v) is 34.7. The minimum atomic E-state index is -0.125. The monoisotopic (exact) mass is 753 g/mol. The number of hydrogen-bond donors (Lipinski definition) is 0. The van der Waals surface area contributed by atoms with E-state index in [4.69, 9.17) is 4.42 Å². The van der Waals surface area contributed by atoms with Gasteiger partial charge in [0.1, 0.15) is 5.58 Å². The molecule has 8 aromatic rings. The molecule has 3 aliphatic carbocycles.